The number of nitrogens with two attached hydrogens (primary N) is 1. The first-order valence-electron chi connectivity index (χ1n) is 4.86. The average molecular weight is 301 g/mol. The van der Waals surface area contributed by atoms with Gasteiger partial charge in [0.15, 0.2) is 0 Å². The highest BCUT2D eigenvalue weighted by Gasteiger charge is 2.13. The van der Waals surface area contributed by atoms with E-state index in [0.29, 0.717) is 0 Å². The van der Waals surface area contributed by atoms with Crippen LogP contribution in [-0.2, 0) is 13.5 Å². The first-order valence-corrected chi connectivity index (χ1v) is 6.54. The maximum absolute atomic E-state index is 5.58. The maximum Gasteiger partial charge on any atom is 0.0701 e. The third-order valence-electron chi connectivity index (χ3n) is 2.39. The Labute approximate surface area is 107 Å². The van der Waals surface area contributed by atoms with Crippen LogP contribution in [0, 0.1) is 0 Å². The van der Waals surface area contributed by atoms with Crippen molar-refractivity contribution in [3.63, 3.8) is 0 Å². The Morgan fingerprint density at radius 2 is 2.50 bits per heavy atom. The molecule has 2 aromatic heterocycles. The van der Waals surface area contributed by atoms with Gasteiger partial charge >= 0.3 is 0 Å². The zero-order chi connectivity index (χ0) is 11.5. The molecule has 0 aliphatic heterocycles. The number of halogens is 1. The molecule has 2 heterocycles. The molecule has 0 aliphatic rings. The number of nitrogens with one attached hydrogen (secondary N) is 1. The van der Waals surface area contributed by atoms with Crippen molar-refractivity contribution < 1.29 is 0 Å². The monoisotopic (exact) mass is 300 g/mol. The number of hydrogen-bond donors (Lipinski definition) is 2. The summed E-state index contributed by atoms with van der Waals surface area (Å²) in [5.41, 5.74) is 5.21. The predicted octanol–water partition coefficient (Wildman–Crippen LogP) is 1.99. The molecule has 6 heteroatoms. The van der Waals surface area contributed by atoms with E-state index >= 15 is 0 Å². The summed E-state index contributed by atoms with van der Waals surface area (Å²) >= 11 is 5.12. The minimum Gasteiger partial charge on any atom is -0.276 e. The zero-order valence-corrected chi connectivity index (χ0v) is 11.3. The summed E-state index contributed by atoms with van der Waals surface area (Å²) < 4.78 is 2.92. The second kappa shape index (κ2) is 5.09. The van der Waals surface area contributed by atoms with E-state index in [1.54, 1.807) is 16.0 Å². The Balaban J connectivity index is 2.12. The summed E-state index contributed by atoms with van der Waals surface area (Å²) in [5, 5.41) is 6.25. The summed E-state index contributed by atoms with van der Waals surface area (Å²) in [5.74, 6) is 5.58. The smallest absolute Gasteiger partial charge is 0.0701 e. The van der Waals surface area contributed by atoms with Gasteiger partial charge in [0.05, 0.1) is 16.0 Å². The van der Waals surface area contributed by atoms with Crippen LogP contribution in [0.2, 0.25) is 0 Å². The van der Waals surface area contributed by atoms with E-state index in [0.717, 1.165) is 10.2 Å². The maximum atomic E-state index is 5.58. The first-order chi connectivity index (χ1) is 7.69. The molecule has 0 aliphatic carbocycles. The number of aryl methyl sites for hydroxylation is 1. The SMILES string of the molecule is Cn1cc(CC(NN)c2csc(Br)c2)cn1. The molecule has 16 heavy (non-hydrogen) atoms. The molecule has 0 fully saturated rings. The molecule has 1 atom stereocenters. The van der Waals surface area contributed by atoms with Gasteiger partial charge in [0, 0.05) is 13.2 Å². The van der Waals surface area contributed by atoms with E-state index in [4.69, 9.17) is 5.84 Å². The number of hydrogen-bond acceptors (Lipinski definition) is 4. The first kappa shape index (κ1) is 11.8. The summed E-state index contributed by atoms with van der Waals surface area (Å²) in [6, 6.07) is 2.22. The number of hydrazine groups is 1. The fourth-order valence-electron chi connectivity index (χ4n) is 1.59. The number of nitrogens with zero attached hydrogens (tertiary/aromatic N) is 2. The van der Waals surface area contributed by atoms with Crippen molar-refractivity contribution in [3.8, 4) is 0 Å². The van der Waals surface area contributed by atoms with Crippen LogP contribution in [0.15, 0.2) is 27.6 Å². The highest BCUT2D eigenvalue weighted by atomic mass is 79.9. The molecule has 0 spiro atoms. The molecule has 0 radical (unpaired) electrons. The minimum absolute atomic E-state index is 0.131. The normalized spacial score (nSPS) is 12.9. The third kappa shape index (κ3) is 2.70. The topological polar surface area (TPSA) is 55.9 Å². The van der Waals surface area contributed by atoms with Gasteiger partial charge in [0.2, 0.25) is 0 Å². The Bertz CT molecular complexity index is 465. The van der Waals surface area contributed by atoms with E-state index in [-0.39, 0.29) is 6.04 Å². The van der Waals surface area contributed by atoms with Gasteiger partial charge in [0.1, 0.15) is 0 Å². The van der Waals surface area contributed by atoms with Gasteiger partial charge in [-0.3, -0.25) is 16.0 Å². The van der Waals surface area contributed by atoms with Gasteiger partial charge in [-0.2, -0.15) is 5.10 Å². The summed E-state index contributed by atoms with van der Waals surface area (Å²) in [7, 11) is 1.91. The minimum atomic E-state index is 0.131. The van der Waals surface area contributed by atoms with Crippen molar-refractivity contribution in [1.29, 1.82) is 0 Å². The van der Waals surface area contributed by atoms with Crippen LogP contribution < -0.4 is 11.3 Å². The molecule has 0 saturated carbocycles. The number of thiophene rings is 1. The van der Waals surface area contributed by atoms with E-state index in [1.807, 2.05) is 19.4 Å². The highest BCUT2D eigenvalue weighted by Crippen LogP contribution is 2.26. The molecule has 0 bridgehead atoms. The summed E-state index contributed by atoms with van der Waals surface area (Å²) in [6.45, 7) is 0. The van der Waals surface area contributed by atoms with Crippen LogP contribution in [0.4, 0.5) is 0 Å². The second-order valence-electron chi connectivity index (χ2n) is 3.63. The number of rotatable bonds is 4. The molecule has 86 valence electrons. The molecule has 2 rings (SSSR count). The number of aromatic nitrogens is 2. The van der Waals surface area contributed by atoms with Crippen LogP contribution >= 0.6 is 27.3 Å². The average Bonchev–Trinajstić information content (AvgIpc) is 2.84. The Kier molecular flexibility index (Phi) is 3.75. The Morgan fingerprint density at radius 3 is 3.00 bits per heavy atom. The second-order valence-corrected chi connectivity index (χ2v) is 5.92. The lowest BCUT2D eigenvalue weighted by Gasteiger charge is -2.12. The zero-order valence-electron chi connectivity index (χ0n) is 8.85. The highest BCUT2D eigenvalue weighted by molar-refractivity contribution is 9.11. The Morgan fingerprint density at radius 1 is 1.69 bits per heavy atom. The molecule has 0 amide bonds. The van der Waals surface area contributed by atoms with Crippen molar-refractivity contribution in [2.45, 2.75) is 12.5 Å². The standard InChI is InChI=1S/C10H13BrN4S/c1-15-5-7(4-13-15)2-9(14-12)8-3-10(11)16-6-8/h3-6,9,14H,2,12H2,1H3. The molecule has 1 unspecified atom stereocenters. The lowest BCUT2D eigenvalue weighted by Crippen LogP contribution is -2.29. The van der Waals surface area contributed by atoms with Gasteiger partial charge in [-0.15, -0.1) is 11.3 Å². The van der Waals surface area contributed by atoms with E-state index in [1.165, 1.54) is 11.1 Å². The van der Waals surface area contributed by atoms with Crippen molar-refractivity contribution in [2.24, 2.45) is 12.9 Å². The van der Waals surface area contributed by atoms with E-state index in [9.17, 15) is 0 Å². The van der Waals surface area contributed by atoms with Gasteiger partial charge < -0.3 is 0 Å². The molecular formula is C10H13BrN4S. The van der Waals surface area contributed by atoms with Crippen LogP contribution in [-0.4, -0.2) is 9.78 Å². The molecule has 4 nitrogen and oxygen atoms in total. The molecule has 0 aromatic carbocycles. The van der Waals surface area contributed by atoms with Crippen LogP contribution in [0.5, 0.6) is 0 Å². The van der Waals surface area contributed by atoms with Crippen molar-refractivity contribution in [1.82, 2.24) is 15.2 Å². The van der Waals surface area contributed by atoms with Gasteiger partial charge in [-0.1, -0.05) is 0 Å². The predicted molar refractivity (Wildman–Crippen MR) is 69.0 cm³/mol. The lowest BCUT2D eigenvalue weighted by atomic mass is 10.0. The molecule has 0 saturated heterocycles. The van der Waals surface area contributed by atoms with Crippen molar-refractivity contribution in [2.75, 3.05) is 0 Å². The lowest BCUT2D eigenvalue weighted by molar-refractivity contribution is 0.553. The van der Waals surface area contributed by atoms with E-state index in [2.05, 4.69) is 37.9 Å². The van der Waals surface area contributed by atoms with Gasteiger partial charge in [-0.05, 0) is 44.9 Å². The third-order valence-corrected chi connectivity index (χ3v) is 3.91. The van der Waals surface area contributed by atoms with E-state index < -0.39 is 0 Å². The van der Waals surface area contributed by atoms with Crippen LogP contribution in [0.25, 0.3) is 0 Å². The molecule has 2 aromatic rings. The van der Waals surface area contributed by atoms with Crippen molar-refractivity contribution in [3.05, 3.63) is 38.8 Å². The quantitative estimate of drug-likeness (QED) is 0.671. The largest absolute Gasteiger partial charge is 0.276 e. The van der Waals surface area contributed by atoms with Crippen molar-refractivity contribution >= 4 is 27.3 Å². The van der Waals surface area contributed by atoms with Crippen LogP contribution in [0.3, 0.4) is 0 Å². The molecular weight excluding hydrogens is 288 g/mol. The molecule has 3 N–H and O–H groups in total. The van der Waals surface area contributed by atoms with Gasteiger partial charge in [0.25, 0.3) is 0 Å². The van der Waals surface area contributed by atoms with Gasteiger partial charge in [-0.25, -0.2) is 0 Å². The fraction of sp³-hybridized carbons (Fsp3) is 0.300. The summed E-state index contributed by atoms with van der Waals surface area (Å²) in [6.07, 6.45) is 4.71. The Hall–Kier alpha value is -0.690. The fourth-order valence-corrected chi connectivity index (χ4v) is 2.82. The van der Waals surface area contributed by atoms with Crippen LogP contribution in [0.1, 0.15) is 17.2 Å². The summed E-state index contributed by atoms with van der Waals surface area (Å²) in [4.78, 5) is 0.